The first-order valence-corrected chi connectivity index (χ1v) is 11.6. The van der Waals surface area contributed by atoms with Crippen LogP contribution in [-0.4, -0.2) is 32.3 Å². The fraction of sp³-hybridized carbons (Fsp3) is 0.273. The number of carbonyl (C=O) groups excluding carboxylic acids is 2. The van der Waals surface area contributed by atoms with E-state index in [2.05, 4.69) is 36.8 Å². The zero-order valence-electron chi connectivity index (χ0n) is 17.6. The van der Waals surface area contributed by atoms with E-state index in [0.29, 0.717) is 23.1 Å². The highest BCUT2D eigenvalue weighted by atomic mass is 79.9. The third kappa shape index (κ3) is 5.95. The number of halogens is 1. The number of carbonyl (C=O) groups is 2. The molecule has 0 unspecified atom stereocenters. The number of thioether (sulfide) groups is 1. The highest BCUT2D eigenvalue weighted by molar-refractivity contribution is 9.10. The Morgan fingerprint density at radius 2 is 1.87 bits per heavy atom. The van der Waals surface area contributed by atoms with Crippen molar-refractivity contribution in [2.45, 2.75) is 39.0 Å². The summed E-state index contributed by atoms with van der Waals surface area (Å²) in [5, 5.41) is 14.8. The molecule has 2 amide bonds. The van der Waals surface area contributed by atoms with Crippen LogP contribution < -0.4 is 10.6 Å². The van der Waals surface area contributed by atoms with Crippen LogP contribution in [0.15, 0.2) is 52.1 Å². The summed E-state index contributed by atoms with van der Waals surface area (Å²) in [6.07, 6.45) is 0. The lowest BCUT2D eigenvalue weighted by Crippen LogP contribution is -2.25. The molecule has 0 aliphatic rings. The van der Waals surface area contributed by atoms with Gasteiger partial charge in [0.05, 0.1) is 12.3 Å². The molecule has 1 aromatic heterocycles. The van der Waals surface area contributed by atoms with Gasteiger partial charge in [-0.25, -0.2) is 0 Å². The van der Waals surface area contributed by atoms with Crippen molar-refractivity contribution in [1.82, 2.24) is 20.1 Å². The summed E-state index contributed by atoms with van der Waals surface area (Å²) in [6, 6.07) is 13.1. The molecule has 3 aromatic rings. The van der Waals surface area contributed by atoms with Crippen molar-refractivity contribution < 1.29 is 9.59 Å². The molecule has 31 heavy (non-hydrogen) atoms. The molecule has 0 atom stereocenters. The summed E-state index contributed by atoms with van der Waals surface area (Å²) in [5.74, 6) is 0.591. The molecule has 7 nitrogen and oxygen atoms in total. The molecule has 1 heterocycles. The molecule has 0 spiro atoms. The topological polar surface area (TPSA) is 88.9 Å². The second-order valence-electron chi connectivity index (χ2n) is 6.94. The molecule has 0 bridgehead atoms. The largest absolute Gasteiger partial charge is 0.345 e. The van der Waals surface area contributed by atoms with Gasteiger partial charge >= 0.3 is 0 Å². The van der Waals surface area contributed by atoms with E-state index in [1.807, 2.05) is 61.7 Å². The average Bonchev–Trinajstić information content (AvgIpc) is 3.15. The average molecular weight is 502 g/mol. The van der Waals surface area contributed by atoms with Gasteiger partial charge in [-0.15, -0.1) is 10.2 Å². The van der Waals surface area contributed by atoms with Crippen LogP contribution in [0.25, 0.3) is 0 Å². The molecule has 0 aliphatic carbocycles. The van der Waals surface area contributed by atoms with Crippen molar-refractivity contribution in [3.8, 4) is 0 Å². The Morgan fingerprint density at radius 3 is 2.58 bits per heavy atom. The van der Waals surface area contributed by atoms with Crippen LogP contribution in [0.3, 0.4) is 0 Å². The van der Waals surface area contributed by atoms with Crippen LogP contribution in [0, 0.1) is 13.8 Å². The number of anilines is 1. The number of aromatic nitrogens is 3. The molecule has 0 radical (unpaired) electrons. The number of hydrogen-bond donors (Lipinski definition) is 2. The second-order valence-corrected chi connectivity index (χ2v) is 8.74. The van der Waals surface area contributed by atoms with Gasteiger partial charge in [-0.3, -0.25) is 9.59 Å². The van der Waals surface area contributed by atoms with Gasteiger partial charge in [-0.2, -0.15) is 0 Å². The van der Waals surface area contributed by atoms with Gasteiger partial charge in [0.2, 0.25) is 5.91 Å². The Labute approximate surface area is 194 Å². The maximum atomic E-state index is 12.4. The van der Waals surface area contributed by atoms with E-state index < -0.39 is 0 Å². The number of benzene rings is 2. The molecule has 9 heteroatoms. The van der Waals surface area contributed by atoms with Gasteiger partial charge < -0.3 is 15.2 Å². The minimum Gasteiger partial charge on any atom is -0.345 e. The van der Waals surface area contributed by atoms with Crippen molar-refractivity contribution >= 4 is 45.2 Å². The third-order valence-electron chi connectivity index (χ3n) is 4.68. The summed E-state index contributed by atoms with van der Waals surface area (Å²) in [5.41, 5.74) is 3.36. The monoisotopic (exact) mass is 501 g/mol. The van der Waals surface area contributed by atoms with Gasteiger partial charge in [0.1, 0.15) is 0 Å². The zero-order valence-corrected chi connectivity index (χ0v) is 20.0. The smallest absolute Gasteiger partial charge is 0.251 e. The Hall–Kier alpha value is -2.65. The van der Waals surface area contributed by atoms with Gasteiger partial charge in [0.25, 0.3) is 5.91 Å². The maximum absolute atomic E-state index is 12.4. The quantitative estimate of drug-likeness (QED) is 0.448. The van der Waals surface area contributed by atoms with Crippen LogP contribution in [0.5, 0.6) is 0 Å². The van der Waals surface area contributed by atoms with Crippen LogP contribution >= 0.6 is 27.7 Å². The van der Waals surface area contributed by atoms with Crippen molar-refractivity contribution in [2.24, 2.45) is 0 Å². The van der Waals surface area contributed by atoms with E-state index in [4.69, 9.17) is 0 Å². The SMILES string of the molecule is CCn1c(CNC(=O)c2ccccc2C)nnc1SCC(=O)Nc1ccc(Br)c(C)c1. The van der Waals surface area contributed by atoms with E-state index in [9.17, 15) is 9.59 Å². The summed E-state index contributed by atoms with van der Waals surface area (Å²) in [7, 11) is 0. The highest BCUT2D eigenvalue weighted by Gasteiger charge is 2.15. The highest BCUT2D eigenvalue weighted by Crippen LogP contribution is 2.21. The lowest BCUT2D eigenvalue weighted by Gasteiger charge is -2.10. The van der Waals surface area contributed by atoms with E-state index in [1.165, 1.54) is 11.8 Å². The fourth-order valence-corrected chi connectivity index (χ4v) is 4.07. The first-order valence-electron chi connectivity index (χ1n) is 9.83. The van der Waals surface area contributed by atoms with Crippen molar-refractivity contribution in [1.29, 1.82) is 0 Å². The zero-order chi connectivity index (χ0) is 22.4. The standard InChI is InChI=1S/C22H24BrN5O2S/c1-4-28-19(12-24-21(30)17-8-6-5-7-14(17)2)26-27-22(28)31-13-20(29)25-16-9-10-18(23)15(3)11-16/h5-11H,4,12-13H2,1-3H3,(H,24,30)(H,25,29). The summed E-state index contributed by atoms with van der Waals surface area (Å²) < 4.78 is 2.90. The van der Waals surface area contributed by atoms with Crippen molar-refractivity contribution in [2.75, 3.05) is 11.1 Å². The Balaban J connectivity index is 1.58. The Kier molecular flexibility index (Phi) is 7.86. The van der Waals surface area contributed by atoms with E-state index >= 15 is 0 Å². The molecule has 162 valence electrons. The van der Waals surface area contributed by atoms with Crippen molar-refractivity contribution in [3.05, 3.63) is 69.5 Å². The first-order chi connectivity index (χ1) is 14.9. The molecule has 2 N–H and O–H groups in total. The number of nitrogens with zero attached hydrogens (tertiary/aromatic N) is 3. The predicted octanol–water partition coefficient (Wildman–Crippen LogP) is 4.34. The van der Waals surface area contributed by atoms with Crippen LogP contribution in [0.4, 0.5) is 5.69 Å². The lowest BCUT2D eigenvalue weighted by molar-refractivity contribution is -0.113. The molecule has 2 aromatic carbocycles. The molecular formula is C22H24BrN5O2S. The third-order valence-corrected chi connectivity index (χ3v) is 6.54. The van der Waals surface area contributed by atoms with E-state index in [1.54, 1.807) is 6.07 Å². The number of nitrogens with one attached hydrogen (secondary N) is 2. The van der Waals surface area contributed by atoms with Crippen molar-refractivity contribution in [3.63, 3.8) is 0 Å². The predicted molar refractivity (Wildman–Crippen MR) is 126 cm³/mol. The fourth-order valence-electron chi connectivity index (χ4n) is 3.01. The molecular weight excluding hydrogens is 478 g/mol. The molecule has 0 saturated carbocycles. The van der Waals surface area contributed by atoms with Gasteiger partial charge in [0.15, 0.2) is 11.0 Å². The molecule has 0 fully saturated rings. The minimum absolute atomic E-state index is 0.119. The lowest BCUT2D eigenvalue weighted by atomic mass is 10.1. The Morgan fingerprint density at radius 1 is 1.10 bits per heavy atom. The van der Waals surface area contributed by atoms with E-state index in [-0.39, 0.29) is 24.1 Å². The second kappa shape index (κ2) is 10.6. The van der Waals surface area contributed by atoms with Gasteiger partial charge in [-0.1, -0.05) is 45.9 Å². The number of rotatable bonds is 8. The van der Waals surface area contributed by atoms with Crippen LogP contribution in [0.1, 0.15) is 34.2 Å². The Bertz CT molecular complexity index is 1100. The van der Waals surface area contributed by atoms with E-state index in [0.717, 1.165) is 21.3 Å². The number of hydrogen-bond acceptors (Lipinski definition) is 5. The minimum atomic E-state index is -0.151. The molecule has 0 saturated heterocycles. The van der Waals surface area contributed by atoms with Gasteiger partial charge in [-0.05, 0) is 56.2 Å². The molecule has 0 aliphatic heterocycles. The summed E-state index contributed by atoms with van der Waals surface area (Å²) in [6.45, 7) is 6.75. The van der Waals surface area contributed by atoms with Crippen LogP contribution in [0.2, 0.25) is 0 Å². The summed E-state index contributed by atoms with van der Waals surface area (Å²) in [4.78, 5) is 24.8. The number of aryl methyl sites for hydroxylation is 2. The number of amides is 2. The maximum Gasteiger partial charge on any atom is 0.251 e. The van der Waals surface area contributed by atoms with Gasteiger partial charge in [0, 0.05) is 22.3 Å². The summed E-state index contributed by atoms with van der Waals surface area (Å²) >= 11 is 4.77. The first kappa shape index (κ1) is 23.0. The molecule has 3 rings (SSSR count). The van der Waals surface area contributed by atoms with Crippen LogP contribution in [-0.2, 0) is 17.9 Å². The normalized spacial score (nSPS) is 10.7.